The van der Waals surface area contributed by atoms with E-state index in [1.807, 2.05) is 13.8 Å². The lowest BCUT2D eigenvalue weighted by Crippen LogP contribution is -2.29. The number of unbranched alkanes of at least 4 members (excludes halogenated alkanes) is 2. The van der Waals surface area contributed by atoms with Crippen molar-refractivity contribution in [2.24, 2.45) is 0 Å². The lowest BCUT2D eigenvalue weighted by Gasteiger charge is -2.22. The van der Waals surface area contributed by atoms with E-state index in [9.17, 15) is 4.79 Å². The fraction of sp³-hybridized carbons (Fsp3) is 0.588. The Morgan fingerprint density at radius 1 is 1.09 bits per heavy atom. The van der Waals surface area contributed by atoms with Crippen molar-refractivity contribution in [1.82, 2.24) is 0 Å². The van der Waals surface area contributed by atoms with Gasteiger partial charge in [-0.2, -0.15) is 0 Å². The zero-order chi connectivity index (χ0) is 16.4. The first-order chi connectivity index (χ1) is 10.5. The van der Waals surface area contributed by atoms with Gasteiger partial charge in [-0.05, 0) is 44.4 Å². The number of benzene rings is 1. The maximum atomic E-state index is 11.7. The largest absolute Gasteiger partial charge is 0.427 e. The predicted octanol–water partition coefficient (Wildman–Crippen LogP) is 2.43. The highest BCUT2D eigenvalue weighted by molar-refractivity contribution is 5.72. The average Bonchev–Trinajstić information content (AvgIpc) is 2.51. The third-order valence-electron chi connectivity index (χ3n) is 3.24. The molecule has 0 radical (unpaired) electrons. The second-order valence-electron chi connectivity index (χ2n) is 5.85. The first kappa shape index (κ1) is 18.6. The maximum Gasteiger partial charge on any atom is 0.311 e. The Balaban J connectivity index is 2.13. The fourth-order valence-corrected chi connectivity index (χ4v) is 1.79. The van der Waals surface area contributed by atoms with Crippen LogP contribution in [0, 0.1) is 0 Å². The van der Waals surface area contributed by atoms with Crippen molar-refractivity contribution < 1.29 is 24.5 Å². The summed E-state index contributed by atoms with van der Waals surface area (Å²) >= 11 is 0. The van der Waals surface area contributed by atoms with E-state index >= 15 is 0 Å². The van der Waals surface area contributed by atoms with Crippen LogP contribution in [0.3, 0.4) is 0 Å². The van der Waals surface area contributed by atoms with Gasteiger partial charge < -0.3 is 19.7 Å². The van der Waals surface area contributed by atoms with E-state index in [0.29, 0.717) is 18.8 Å². The zero-order valence-corrected chi connectivity index (χ0v) is 13.4. The normalized spacial score (nSPS) is 11.5. The Hall–Kier alpha value is -1.43. The molecule has 2 N–H and O–H groups in total. The van der Waals surface area contributed by atoms with E-state index in [-0.39, 0.29) is 19.2 Å². The third-order valence-corrected chi connectivity index (χ3v) is 3.24. The molecular weight excluding hydrogens is 284 g/mol. The maximum absolute atomic E-state index is 11.7. The van der Waals surface area contributed by atoms with E-state index in [4.69, 9.17) is 19.7 Å². The molecule has 124 valence electrons. The topological polar surface area (TPSA) is 76.0 Å². The molecule has 0 atom stereocenters. The van der Waals surface area contributed by atoms with Crippen LogP contribution < -0.4 is 4.74 Å². The molecule has 22 heavy (non-hydrogen) atoms. The van der Waals surface area contributed by atoms with Crippen LogP contribution in [0.1, 0.15) is 45.1 Å². The van der Waals surface area contributed by atoms with Crippen LogP contribution in [0.25, 0.3) is 0 Å². The molecule has 0 aromatic heterocycles. The molecule has 1 rings (SSSR count). The highest BCUT2D eigenvalue weighted by Gasteiger charge is 2.15. The predicted molar refractivity (Wildman–Crippen MR) is 83.6 cm³/mol. The summed E-state index contributed by atoms with van der Waals surface area (Å²) in [6, 6.07) is 6.80. The lowest BCUT2D eigenvalue weighted by molar-refractivity contribution is -0.134. The molecule has 1 aromatic carbocycles. The Morgan fingerprint density at radius 2 is 1.77 bits per heavy atom. The van der Waals surface area contributed by atoms with Gasteiger partial charge in [0.15, 0.2) is 0 Å². The van der Waals surface area contributed by atoms with Crippen molar-refractivity contribution in [2.45, 2.75) is 51.7 Å². The number of rotatable bonds is 10. The Morgan fingerprint density at radius 3 is 2.36 bits per heavy atom. The van der Waals surface area contributed by atoms with Crippen molar-refractivity contribution in [3.05, 3.63) is 29.8 Å². The molecule has 0 aliphatic carbocycles. The second kappa shape index (κ2) is 9.56. The Kier molecular flexibility index (Phi) is 8.09. The minimum atomic E-state index is -0.500. The number of aliphatic hydroxyl groups is 2. The molecule has 0 spiro atoms. The summed E-state index contributed by atoms with van der Waals surface area (Å²) in [7, 11) is 0. The highest BCUT2D eigenvalue weighted by atomic mass is 16.5. The van der Waals surface area contributed by atoms with Gasteiger partial charge in [0.25, 0.3) is 0 Å². The molecule has 0 bridgehead atoms. The zero-order valence-electron chi connectivity index (χ0n) is 13.4. The molecule has 0 saturated carbocycles. The van der Waals surface area contributed by atoms with Gasteiger partial charge in [-0.25, -0.2) is 0 Å². The molecule has 0 fully saturated rings. The van der Waals surface area contributed by atoms with Crippen LogP contribution >= 0.6 is 0 Å². The molecule has 1 aromatic rings. The molecule has 5 heteroatoms. The van der Waals surface area contributed by atoms with Gasteiger partial charge in [0.05, 0.1) is 18.8 Å². The van der Waals surface area contributed by atoms with Crippen LogP contribution in [0.4, 0.5) is 0 Å². The number of carbonyl (C=O) groups excluding carboxylic acids is 1. The van der Waals surface area contributed by atoms with Crippen LogP contribution in [0.2, 0.25) is 0 Å². The summed E-state index contributed by atoms with van der Waals surface area (Å²) in [4.78, 5) is 11.7. The van der Waals surface area contributed by atoms with Gasteiger partial charge in [-0.3, -0.25) is 4.79 Å². The van der Waals surface area contributed by atoms with Gasteiger partial charge in [-0.1, -0.05) is 18.6 Å². The molecule has 0 heterocycles. The number of carbonyl (C=O) groups is 1. The first-order valence-electron chi connectivity index (χ1n) is 7.62. The lowest BCUT2D eigenvalue weighted by atomic mass is 10.1. The van der Waals surface area contributed by atoms with Crippen molar-refractivity contribution in [2.75, 3.05) is 13.2 Å². The van der Waals surface area contributed by atoms with Gasteiger partial charge in [0.1, 0.15) is 5.75 Å². The van der Waals surface area contributed by atoms with E-state index in [1.165, 1.54) is 0 Å². The smallest absolute Gasteiger partial charge is 0.311 e. The minimum absolute atomic E-state index is 0.00556. The van der Waals surface area contributed by atoms with Crippen molar-refractivity contribution in [1.29, 1.82) is 0 Å². The van der Waals surface area contributed by atoms with E-state index in [1.54, 1.807) is 24.3 Å². The number of aliphatic hydroxyl groups excluding tert-OH is 2. The molecular formula is C17H26O5. The summed E-state index contributed by atoms with van der Waals surface area (Å²) < 4.78 is 10.7. The average molecular weight is 310 g/mol. The van der Waals surface area contributed by atoms with Crippen molar-refractivity contribution >= 4 is 5.97 Å². The monoisotopic (exact) mass is 310 g/mol. The molecule has 0 aliphatic rings. The highest BCUT2D eigenvalue weighted by Crippen LogP contribution is 2.14. The number of hydrogen-bond donors (Lipinski definition) is 2. The summed E-state index contributed by atoms with van der Waals surface area (Å²) in [6.45, 7) is 4.22. The second-order valence-corrected chi connectivity index (χ2v) is 5.85. The Bertz CT molecular complexity index is 439. The summed E-state index contributed by atoms with van der Waals surface area (Å²) in [5, 5.41) is 18.0. The first-order valence-corrected chi connectivity index (χ1v) is 7.62. The summed E-state index contributed by atoms with van der Waals surface area (Å²) in [5.74, 6) is 0.239. The van der Waals surface area contributed by atoms with E-state index in [2.05, 4.69) is 0 Å². The molecule has 0 amide bonds. The SMILES string of the molecule is CC(C)(CO)OCCCCCC(=O)Oc1ccc(CO)cc1. The number of ether oxygens (including phenoxy) is 2. The van der Waals surface area contributed by atoms with Gasteiger partial charge in [0, 0.05) is 13.0 Å². The molecule has 0 aliphatic heterocycles. The molecule has 5 nitrogen and oxygen atoms in total. The van der Waals surface area contributed by atoms with Crippen LogP contribution in [0.5, 0.6) is 5.75 Å². The van der Waals surface area contributed by atoms with Gasteiger partial charge >= 0.3 is 5.97 Å². The van der Waals surface area contributed by atoms with Gasteiger partial charge in [-0.15, -0.1) is 0 Å². The van der Waals surface area contributed by atoms with Crippen LogP contribution in [0.15, 0.2) is 24.3 Å². The minimum Gasteiger partial charge on any atom is -0.427 e. The van der Waals surface area contributed by atoms with E-state index < -0.39 is 5.60 Å². The van der Waals surface area contributed by atoms with Crippen LogP contribution in [-0.4, -0.2) is 35.0 Å². The van der Waals surface area contributed by atoms with Crippen molar-refractivity contribution in [3.8, 4) is 5.75 Å². The van der Waals surface area contributed by atoms with Gasteiger partial charge in [0.2, 0.25) is 0 Å². The van der Waals surface area contributed by atoms with Crippen molar-refractivity contribution in [3.63, 3.8) is 0 Å². The molecule has 0 unspecified atom stereocenters. The third kappa shape index (κ3) is 7.54. The quantitative estimate of drug-likeness (QED) is 0.394. The van der Waals surface area contributed by atoms with E-state index in [0.717, 1.165) is 24.8 Å². The van der Waals surface area contributed by atoms with Crippen LogP contribution in [-0.2, 0) is 16.1 Å². The Labute approximate surface area is 131 Å². The summed E-state index contributed by atoms with van der Waals surface area (Å²) in [6.07, 6.45) is 2.84. The molecule has 0 saturated heterocycles. The number of esters is 1. The summed E-state index contributed by atoms with van der Waals surface area (Å²) in [5.41, 5.74) is 0.283. The number of hydrogen-bond acceptors (Lipinski definition) is 5. The standard InChI is InChI=1S/C17H26O5/c1-17(2,13-19)21-11-5-3-4-6-16(20)22-15-9-7-14(12-18)8-10-15/h7-10,18-19H,3-6,11-13H2,1-2H3. The fourth-order valence-electron chi connectivity index (χ4n) is 1.79.